The number of nitrogens with zero attached hydrogens (tertiary/aromatic N) is 3. The van der Waals surface area contributed by atoms with Crippen molar-refractivity contribution in [2.45, 2.75) is 65.6 Å². The summed E-state index contributed by atoms with van der Waals surface area (Å²) in [6.45, 7) is 10.8. The molecule has 2 aliphatic heterocycles. The van der Waals surface area contributed by atoms with Crippen molar-refractivity contribution in [3.05, 3.63) is 63.7 Å². The number of amides is 2. The summed E-state index contributed by atoms with van der Waals surface area (Å²) in [5.74, 6) is 1.34. The lowest BCUT2D eigenvalue weighted by atomic mass is 9.94. The summed E-state index contributed by atoms with van der Waals surface area (Å²) in [6.07, 6.45) is 2.62. The van der Waals surface area contributed by atoms with E-state index in [1.807, 2.05) is 76.1 Å². The fourth-order valence-electron chi connectivity index (χ4n) is 4.99. The van der Waals surface area contributed by atoms with Crippen molar-refractivity contribution in [1.82, 2.24) is 14.9 Å². The lowest BCUT2D eigenvalue weighted by Crippen LogP contribution is -2.41. The number of fused-ring (bicyclic) bond motifs is 1. The number of rotatable bonds is 7. The normalized spacial score (nSPS) is 16.4. The second-order valence-corrected chi connectivity index (χ2v) is 11.6. The molecular weight excluding hydrogens is 490 g/mol. The summed E-state index contributed by atoms with van der Waals surface area (Å²) >= 11 is 6.00. The highest BCUT2D eigenvalue weighted by Crippen LogP contribution is 2.32. The number of piperidine rings is 1. The van der Waals surface area contributed by atoms with Crippen LogP contribution in [0.5, 0.6) is 5.75 Å². The van der Waals surface area contributed by atoms with E-state index in [-0.39, 0.29) is 12.0 Å². The van der Waals surface area contributed by atoms with E-state index in [4.69, 9.17) is 21.1 Å². The summed E-state index contributed by atoms with van der Waals surface area (Å²) in [5.41, 5.74) is 3.32. The highest BCUT2D eigenvalue weighted by atomic mass is 35.5. The third-order valence-electron chi connectivity index (χ3n) is 6.96. The number of aryl methyl sites for hydroxylation is 1. The summed E-state index contributed by atoms with van der Waals surface area (Å²) < 4.78 is 11.6. The van der Waals surface area contributed by atoms with Gasteiger partial charge in [0.15, 0.2) is 0 Å². The Morgan fingerprint density at radius 2 is 1.81 bits per heavy atom. The maximum atomic E-state index is 13.2. The minimum absolute atomic E-state index is 0.0206. The van der Waals surface area contributed by atoms with Gasteiger partial charge in [-0.1, -0.05) is 23.7 Å². The number of carbonyl (C=O) groups is 2. The van der Waals surface area contributed by atoms with Crippen LogP contribution in [-0.2, 0) is 17.8 Å². The number of hydrazine groups is 1. The number of ether oxygens (including phenoxy) is 2. The number of benzene rings is 2. The van der Waals surface area contributed by atoms with Crippen LogP contribution < -0.4 is 4.74 Å². The van der Waals surface area contributed by atoms with E-state index in [2.05, 4.69) is 0 Å². The second kappa shape index (κ2) is 11.3. The van der Waals surface area contributed by atoms with Crippen molar-refractivity contribution < 1.29 is 19.1 Å². The zero-order chi connectivity index (χ0) is 26.7. The van der Waals surface area contributed by atoms with Crippen LogP contribution in [-0.4, -0.2) is 59.3 Å². The fourth-order valence-corrected chi connectivity index (χ4v) is 5.12. The van der Waals surface area contributed by atoms with Gasteiger partial charge in [0, 0.05) is 37.3 Å². The quantitative estimate of drug-likeness (QED) is 0.437. The van der Waals surface area contributed by atoms with Crippen molar-refractivity contribution in [3.8, 4) is 5.75 Å². The first-order chi connectivity index (χ1) is 17.5. The minimum Gasteiger partial charge on any atom is -0.494 e. The van der Waals surface area contributed by atoms with Crippen molar-refractivity contribution in [2.24, 2.45) is 5.92 Å². The van der Waals surface area contributed by atoms with Gasteiger partial charge in [0.25, 0.3) is 5.91 Å². The molecule has 7 nitrogen and oxygen atoms in total. The van der Waals surface area contributed by atoms with Crippen LogP contribution in [0.3, 0.4) is 0 Å². The molecule has 0 aromatic heterocycles. The van der Waals surface area contributed by atoms with E-state index in [1.54, 1.807) is 9.91 Å². The van der Waals surface area contributed by atoms with Crippen molar-refractivity contribution in [3.63, 3.8) is 0 Å². The molecule has 37 heavy (non-hydrogen) atoms. The molecule has 0 saturated carbocycles. The van der Waals surface area contributed by atoms with Gasteiger partial charge in [0.05, 0.1) is 13.2 Å². The molecule has 2 amide bonds. The van der Waals surface area contributed by atoms with Gasteiger partial charge in [-0.3, -0.25) is 9.80 Å². The Hall–Kier alpha value is -2.77. The SMILES string of the molecule is Cc1cc(OCCC2CCN(C(=O)OC(C)(C)C)CC2)cc2c1C(=O)N(N(C)Cc1ccc(Cl)cc1)C2. The number of hydrogen-bond acceptors (Lipinski definition) is 5. The average molecular weight is 528 g/mol. The maximum Gasteiger partial charge on any atom is 0.410 e. The van der Waals surface area contributed by atoms with Crippen LogP contribution in [0.2, 0.25) is 5.02 Å². The number of likely N-dealkylation sites (tertiary alicyclic amines) is 1. The molecule has 2 aromatic rings. The Balaban J connectivity index is 1.27. The predicted octanol–water partition coefficient (Wildman–Crippen LogP) is 6.07. The van der Waals surface area contributed by atoms with Gasteiger partial charge < -0.3 is 14.4 Å². The molecule has 0 N–H and O–H groups in total. The molecule has 8 heteroatoms. The summed E-state index contributed by atoms with van der Waals surface area (Å²) in [4.78, 5) is 27.3. The van der Waals surface area contributed by atoms with E-state index < -0.39 is 5.60 Å². The van der Waals surface area contributed by atoms with E-state index in [9.17, 15) is 9.59 Å². The third kappa shape index (κ3) is 6.96. The summed E-state index contributed by atoms with van der Waals surface area (Å²) in [6, 6.07) is 11.6. The Kier molecular flexibility index (Phi) is 8.34. The van der Waals surface area contributed by atoms with Gasteiger partial charge in [-0.25, -0.2) is 9.80 Å². The topological polar surface area (TPSA) is 62.3 Å². The van der Waals surface area contributed by atoms with E-state index in [0.29, 0.717) is 30.6 Å². The summed E-state index contributed by atoms with van der Waals surface area (Å²) in [7, 11) is 1.93. The molecule has 0 aliphatic carbocycles. The van der Waals surface area contributed by atoms with E-state index in [0.717, 1.165) is 60.4 Å². The highest BCUT2D eigenvalue weighted by Gasteiger charge is 2.32. The molecule has 0 bridgehead atoms. The van der Waals surface area contributed by atoms with Crippen molar-refractivity contribution >= 4 is 23.6 Å². The molecule has 200 valence electrons. The van der Waals surface area contributed by atoms with Gasteiger partial charge in [-0.2, -0.15) is 0 Å². The maximum absolute atomic E-state index is 13.2. The standard InChI is InChI=1S/C29H38ClN3O4/c1-20-16-25(36-15-12-21-10-13-32(14-11-21)28(35)37-29(2,3)4)17-23-19-33(27(34)26(20)23)31(5)18-22-6-8-24(30)9-7-22/h6-9,16-17,21H,10-15,18-19H2,1-5H3. The minimum atomic E-state index is -0.469. The molecule has 0 spiro atoms. The Morgan fingerprint density at radius 1 is 1.14 bits per heavy atom. The average Bonchev–Trinajstić information content (AvgIpc) is 3.16. The predicted molar refractivity (Wildman–Crippen MR) is 145 cm³/mol. The van der Waals surface area contributed by atoms with Crippen molar-refractivity contribution in [2.75, 3.05) is 26.7 Å². The lowest BCUT2D eigenvalue weighted by molar-refractivity contribution is 0.00264. The first-order valence-corrected chi connectivity index (χ1v) is 13.4. The summed E-state index contributed by atoms with van der Waals surface area (Å²) in [5, 5.41) is 4.44. The molecular formula is C29H38ClN3O4. The number of halogens is 1. The molecule has 2 aromatic carbocycles. The van der Waals surface area contributed by atoms with Gasteiger partial charge in [-0.15, -0.1) is 0 Å². The smallest absolute Gasteiger partial charge is 0.410 e. The fraction of sp³-hybridized carbons (Fsp3) is 0.517. The van der Waals surface area contributed by atoms with E-state index in [1.165, 1.54) is 0 Å². The molecule has 0 radical (unpaired) electrons. The van der Waals surface area contributed by atoms with Gasteiger partial charge in [0.2, 0.25) is 0 Å². The third-order valence-corrected chi connectivity index (χ3v) is 7.21. The van der Waals surface area contributed by atoms with Crippen LogP contribution in [0.15, 0.2) is 36.4 Å². The number of carbonyl (C=O) groups excluding carboxylic acids is 2. The second-order valence-electron chi connectivity index (χ2n) is 11.1. The Labute approximate surface area is 225 Å². The van der Waals surface area contributed by atoms with Crippen LogP contribution in [0.1, 0.15) is 67.1 Å². The number of hydrogen-bond donors (Lipinski definition) is 0. The first-order valence-electron chi connectivity index (χ1n) is 13.0. The zero-order valence-corrected chi connectivity index (χ0v) is 23.3. The van der Waals surface area contributed by atoms with Gasteiger partial charge in [-0.05, 0) is 93.8 Å². The van der Waals surface area contributed by atoms with Gasteiger partial charge >= 0.3 is 6.09 Å². The molecule has 2 aliphatic rings. The Bertz CT molecular complexity index is 1120. The highest BCUT2D eigenvalue weighted by molar-refractivity contribution is 6.30. The molecule has 1 saturated heterocycles. The van der Waals surface area contributed by atoms with E-state index >= 15 is 0 Å². The zero-order valence-electron chi connectivity index (χ0n) is 22.6. The Morgan fingerprint density at radius 3 is 2.46 bits per heavy atom. The molecule has 2 heterocycles. The van der Waals surface area contributed by atoms with Crippen molar-refractivity contribution in [1.29, 1.82) is 0 Å². The van der Waals surface area contributed by atoms with Gasteiger partial charge in [0.1, 0.15) is 11.4 Å². The molecule has 1 fully saturated rings. The largest absolute Gasteiger partial charge is 0.494 e. The van der Waals surface area contributed by atoms with Crippen LogP contribution >= 0.6 is 11.6 Å². The monoisotopic (exact) mass is 527 g/mol. The molecule has 4 rings (SSSR count). The lowest BCUT2D eigenvalue weighted by Gasteiger charge is -2.33. The first kappa shape index (κ1) is 27.3. The van der Waals surface area contributed by atoms with Crippen LogP contribution in [0.4, 0.5) is 4.79 Å². The van der Waals surface area contributed by atoms with Crippen LogP contribution in [0, 0.1) is 12.8 Å². The molecule has 0 atom stereocenters. The van der Waals surface area contributed by atoms with Crippen LogP contribution in [0.25, 0.3) is 0 Å². The molecule has 0 unspecified atom stereocenters.